The minimum atomic E-state index is 0.470. The molecule has 0 N–H and O–H groups in total. The molecule has 16 heavy (non-hydrogen) atoms. The van der Waals surface area contributed by atoms with Gasteiger partial charge in [0.2, 0.25) is 5.88 Å². The average Bonchev–Trinajstić information content (AvgIpc) is 2.33. The molecule has 0 saturated heterocycles. The second-order valence-corrected chi connectivity index (χ2v) is 3.77. The summed E-state index contributed by atoms with van der Waals surface area (Å²) in [5, 5.41) is 0. The highest BCUT2D eigenvalue weighted by atomic mass is 35.5. The lowest BCUT2D eigenvalue weighted by Crippen LogP contribution is -1.90. The fourth-order valence-corrected chi connectivity index (χ4v) is 1.49. The predicted molar refractivity (Wildman–Crippen MR) is 65.0 cm³/mol. The number of para-hydroxylation sites is 1. The van der Waals surface area contributed by atoms with Gasteiger partial charge < -0.3 is 4.74 Å². The van der Waals surface area contributed by atoms with Crippen LogP contribution in [0.4, 0.5) is 0 Å². The molecule has 0 atom stereocenters. The van der Waals surface area contributed by atoms with Crippen LogP contribution in [0, 0.1) is 6.92 Å². The number of hydrogen-bond acceptors (Lipinski definition) is 2. The molecular weight excluding hydrogens is 222 g/mol. The van der Waals surface area contributed by atoms with Crippen molar-refractivity contribution in [3.8, 4) is 11.6 Å². The van der Waals surface area contributed by atoms with E-state index in [0.717, 1.165) is 16.9 Å². The maximum Gasteiger partial charge on any atom is 0.219 e. The van der Waals surface area contributed by atoms with Crippen molar-refractivity contribution in [3.05, 3.63) is 53.7 Å². The molecule has 0 aliphatic heterocycles. The van der Waals surface area contributed by atoms with Crippen molar-refractivity contribution in [3.63, 3.8) is 0 Å². The first kappa shape index (κ1) is 11.0. The molecule has 3 heteroatoms. The number of aryl methyl sites for hydroxylation is 1. The third kappa shape index (κ3) is 2.52. The molecule has 1 aromatic carbocycles. The van der Waals surface area contributed by atoms with Crippen LogP contribution in [-0.2, 0) is 5.88 Å². The van der Waals surface area contributed by atoms with E-state index in [9.17, 15) is 0 Å². The molecular formula is C13H12ClNO. The second kappa shape index (κ2) is 4.99. The van der Waals surface area contributed by atoms with Crippen LogP contribution in [-0.4, -0.2) is 4.98 Å². The molecule has 0 spiro atoms. The normalized spacial score (nSPS) is 10.1. The number of ether oxygens (including phenoxy) is 1. The Morgan fingerprint density at radius 2 is 2.00 bits per heavy atom. The number of pyridine rings is 1. The molecule has 2 nitrogen and oxygen atoms in total. The molecule has 2 rings (SSSR count). The number of aromatic nitrogens is 1. The van der Waals surface area contributed by atoms with Crippen LogP contribution in [0.15, 0.2) is 42.6 Å². The van der Waals surface area contributed by atoms with Gasteiger partial charge in [-0.3, -0.25) is 0 Å². The lowest BCUT2D eigenvalue weighted by Gasteiger charge is -2.07. The minimum absolute atomic E-state index is 0.470. The van der Waals surface area contributed by atoms with Crippen molar-refractivity contribution in [1.82, 2.24) is 4.98 Å². The molecule has 0 aliphatic rings. The van der Waals surface area contributed by atoms with Gasteiger partial charge in [-0.15, -0.1) is 11.6 Å². The molecule has 0 saturated carbocycles. The van der Waals surface area contributed by atoms with Gasteiger partial charge in [0.15, 0.2) is 0 Å². The summed E-state index contributed by atoms with van der Waals surface area (Å²) < 4.78 is 5.65. The first-order valence-electron chi connectivity index (χ1n) is 5.04. The molecule has 0 amide bonds. The molecule has 0 radical (unpaired) electrons. The summed E-state index contributed by atoms with van der Waals surface area (Å²) in [6, 6.07) is 11.6. The molecule has 0 fully saturated rings. The first-order valence-corrected chi connectivity index (χ1v) is 5.57. The zero-order valence-corrected chi connectivity index (χ0v) is 9.74. The van der Waals surface area contributed by atoms with Gasteiger partial charge in [0.05, 0.1) is 0 Å². The lowest BCUT2D eigenvalue weighted by molar-refractivity contribution is 0.459. The summed E-state index contributed by atoms with van der Waals surface area (Å²) in [6.07, 6.45) is 1.72. The van der Waals surface area contributed by atoms with Crippen LogP contribution in [0.5, 0.6) is 11.6 Å². The van der Waals surface area contributed by atoms with Crippen LogP contribution in [0.2, 0.25) is 0 Å². The number of halogens is 1. The second-order valence-electron chi connectivity index (χ2n) is 3.51. The van der Waals surface area contributed by atoms with E-state index in [4.69, 9.17) is 16.3 Å². The zero-order valence-electron chi connectivity index (χ0n) is 8.98. The largest absolute Gasteiger partial charge is 0.439 e. The first-order chi connectivity index (χ1) is 7.79. The molecule has 0 aliphatic carbocycles. The van der Waals surface area contributed by atoms with Crippen molar-refractivity contribution in [2.75, 3.05) is 0 Å². The van der Waals surface area contributed by atoms with Crippen molar-refractivity contribution in [2.45, 2.75) is 12.8 Å². The highest BCUT2D eigenvalue weighted by molar-refractivity contribution is 6.17. The fraction of sp³-hybridized carbons (Fsp3) is 0.154. The number of rotatable bonds is 3. The summed E-state index contributed by atoms with van der Waals surface area (Å²) >= 11 is 5.68. The van der Waals surface area contributed by atoms with Crippen LogP contribution in [0.1, 0.15) is 11.1 Å². The highest BCUT2D eigenvalue weighted by Gasteiger charge is 2.01. The van der Waals surface area contributed by atoms with Crippen LogP contribution in [0.25, 0.3) is 0 Å². The number of hydrogen-bond donors (Lipinski definition) is 0. The predicted octanol–water partition coefficient (Wildman–Crippen LogP) is 3.92. The Kier molecular flexibility index (Phi) is 3.42. The van der Waals surface area contributed by atoms with Gasteiger partial charge in [-0.2, -0.15) is 0 Å². The Hall–Kier alpha value is -1.54. The molecule has 0 unspecified atom stereocenters. The maximum atomic E-state index is 5.68. The van der Waals surface area contributed by atoms with Crippen molar-refractivity contribution in [2.24, 2.45) is 0 Å². The van der Waals surface area contributed by atoms with E-state index in [1.54, 1.807) is 6.20 Å². The topological polar surface area (TPSA) is 22.1 Å². The third-order valence-corrected chi connectivity index (χ3v) is 2.57. The van der Waals surface area contributed by atoms with E-state index in [1.165, 1.54) is 0 Å². The van der Waals surface area contributed by atoms with E-state index < -0.39 is 0 Å². The fourth-order valence-electron chi connectivity index (χ4n) is 1.33. The van der Waals surface area contributed by atoms with Gasteiger partial charge >= 0.3 is 0 Å². The number of nitrogens with zero attached hydrogens (tertiary/aromatic N) is 1. The van der Waals surface area contributed by atoms with Gasteiger partial charge in [-0.25, -0.2) is 4.98 Å². The Balaban J connectivity index is 2.18. The van der Waals surface area contributed by atoms with Gasteiger partial charge in [-0.1, -0.05) is 24.3 Å². The Morgan fingerprint density at radius 1 is 1.19 bits per heavy atom. The minimum Gasteiger partial charge on any atom is -0.439 e. The highest BCUT2D eigenvalue weighted by Crippen LogP contribution is 2.22. The zero-order chi connectivity index (χ0) is 11.4. The van der Waals surface area contributed by atoms with Gasteiger partial charge in [-0.05, 0) is 24.1 Å². The quantitative estimate of drug-likeness (QED) is 0.750. The van der Waals surface area contributed by atoms with E-state index in [-0.39, 0.29) is 0 Å². The SMILES string of the molecule is Cc1ccccc1Oc1ccc(CCl)cn1. The van der Waals surface area contributed by atoms with Gasteiger partial charge in [0, 0.05) is 18.1 Å². The third-order valence-electron chi connectivity index (χ3n) is 2.26. The van der Waals surface area contributed by atoms with Gasteiger partial charge in [0.25, 0.3) is 0 Å². The van der Waals surface area contributed by atoms with Crippen molar-refractivity contribution in [1.29, 1.82) is 0 Å². The Bertz CT molecular complexity index is 468. The van der Waals surface area contributed by atoms with E-state index in [0.29, 0.717) is 11.8 Å². The van der Waals surface area contributed by atoms with Crippen LogP contribution in [0.3, 0.4) is 0 Å². The Labute approximate surface area is 99.9 Å². The molecule has 82 valence electrons. The molecule has 0 bridgehead atoms. The molecule has 2 aromatic rings. The number of benzene rings is 1. The van der Waals surface area contributed by atoms with E-state index in [1.807, 2.05) is 43.3 Å². The summed E-state index contributed by atoms with van der Waals surface area (Å²) in [5.74, 6) is 1.88. The van der Waals surface area contributed by atoms with E-state index in [2.05, 4.69) is 4.98 Å². The Morgan fingerprint density at radius 3 is 2.62 bits per heavy atom. The monoisotopic (exact) mass is 233 g/mol. The summed E-state index contributed by atoms with van der Waals surface area (Å²) in [7, 11) is 0. The lowest BCUT2D eigenvalue weighted by atomic mass is 10.2. The average molecular weight is 234 g/mol. The maximum absolute atomic E-state index is 5.68. The van der Waals surface area contributed by atoms with Crippen LogP contribution < -0.4 is 4.74 Å². The van der Waals surface area contributed by atoms with Crippen LogP contribution >= 0.6 is 11.6 Å². The summed E-state index contributed by atoms with van der Waals surface area (Å²) in [6.45, 7) is 2.00. The summed E-state index contributed by atoms with van der Waals surface area (Å²) in [5.41, 5.74) is 2.07. The smallest absolute Gasteiger partial charge is 0.219 e. The van der Waals surface area contributed by atoms with E-state index >= 15 is 0 Å². The van der Waals surface area contributed by atoms with Crippen molar-refractivity contribution >= 4 is 11.6 Å². The van der Waals surface area contributed by atoms with Gasteiger partial charge in [0.1, 0.15) is 5.75 Å². The van der Waals surface area contributed by atoms with Crippen molar-refractivity contribution < 1.29 is 4.74 Å². The standard InChI is InChI=1S/C13H12ClNO/c1-10-4-2-3-5-12(10)16-13-7-6-11(8-14)9-15-13/h2-7,9H,8H2,1H3. The molecule has 1 heterocycles. The molecule has 1 aromatic heterocycles. The summed E-state index contributed by atoms with van der Waals surface area (Å²) in [4.78, 5) is 4.18. The number of alkyl halides is 1.